The maximum absolute atomic E-state index is 13.3. The highest BCUT2D eigenvalue weighted by molar-refractivity contribution is 5.88. The molecule has 5 nitrogen and oxygen atoms in total. The number of methoxy groups -OCH3 is 1. The number of alkyl halides is 3. The van der Waals surface area contributed by atoms with Crippen LogP contribution < -0.4 is 15.0 Å². The van der Waals surface area contributed by atoms with Crippen LogP contribution in [0.25, 0.3) is 10.9 Å². The monoisotopic (exact) mass is 408 g/mol. The van der Waals surface area contributed by atoms with Crippen molar-refractivity contribution in [1.29, 1.82) is 0 Å². The molecule has 0 spiro atoms. The van der Waals surface area contributed by atoms with Crippen molar-refractivity contribution in [2.24, 2.45) is 7.05 Å². The Morgan fingerprint density at radius 1 is 1.14 bits per heavy atom. The van der Waals surface area contributed by atoms with Crippen molar-refractivity contribution >= 4 is 10.9 Å². The Labute approximate surface area is 166 Å². The molecule has 0 fully saturated rings. The van der Waals surface area contributed by atoms with E-state index < -0.39 is 12.8 Å². The van der Waals surface area contributed by atoms with Gasteiger partial charge < -0.3 is 18.6 Å². The molecule has 156 valence electrons. The quantitative estimate of drug-likeness (QED) is 0.614. The summed E-state index contributed by atoms with van der Waals surface area (Å²) in [5, 5.41) is 0.167. The van der Waals surface area contributed by atoms with Crippen LogP contribution in [0.1, 0.15) is 23.9 Å². The summed E-state index contributed by atoms with van der Waals surface area (Å²) in [6, 6.07) is 9.15. The molecule has 2 heterocycles. The second-order valence-electron chi connectivity index (χ2n) is 6.87. The lowest BCUT2D eigenvalue weighted by atomic mass is 10.1. The van der Waals surface area contributed by atoms with Gasteiger partial charge in [0.25, 0.3) is 5.56 Å². The summed E-state index contributed by atoms with van der Waals surface area (Å²) >= 11 is 0. The number of ether oxygens (including phenoxy) is 2. The third-order valence-electron chi connectivity index (χ3n) is 5.03. The van der Waals surface area contributed by atoms with E-state index in [2.05, 4.69) is 0 Å². The average molecular weight is 408 g/mol. The van der Waals surface area contributed by atoms with Crippen LogP contribution in [0.5, 0.6) is 11.5 Å². The minimum atomic E-state index is -4.49. The summed E-state index contributed by atoms with van der Waals surface area (Å²) in [6.07, 6.45) is -3.88. The largest absolute Gasteiger partial charge is 0.497 e. The summed E-state index contributed by atoms with van der Waals surface area (Å²) in [4.78, 5) is 13.3. The molecule has 0 unspecified atom stereocenters. The number of nitrogens with zero attached hydrogens (tertiary/aromatic N) is 2. The maximum Gasteiger partial charge on any atom is 0.422 e. The molecule has 0 amide bonds. The molecule has 3 aromatic rings. The minimum Gasteiger partial charge on any atom is -0.497 e. The zero-order valence-electron chi connectivity index (χ0n) is 16.8. The molecule has 0 saturated heterocycles. The number of hydrogen-bond acceptors (Lipinski definition) is 3. The smallest absolute Gasteiger partial charge is 0.422 e. The highest BCUT2D eigenvalue weighted by Crippen LogP contribution is 2.32. The van der Waals surface area contributed by atoms with Crippen LogP contribution in [0.4, 0.5) is 13.2 Å². The molecule has 0 radical (unpaired) electrons. The molecule has 0 aliphatic rings. The number of benzene rings is 1. The Morgan fingerprint density at radius 3 is 2.34 bits per heavy atom. The lowest BCUT2D eigenvalue weighted by Crippen LogP contribution is -2.25. The van der Waals surface area contributed by atoms with Gasteiger partial charge in [-0.1, -0.05) is 19.1 Å². The predicted octanol–water partition coefficient (Wildman–Crippen LogP) is 4.21. The standard InChI is InChI=1S/C21H23F3N2O3/c1-5-15-10-17-18(19(13(2)25(17)3)29-12-21(22,23)24)20(27)26(15)11-14-6-8-16(28-4)9-7-14/h6-10H,5,11-12H2,1-4H3. The first kappa shape index (κ1) is 20.8. The first-order valence-electron chi connectivity index (χ1n) is 9.20. The van der Waals surface area contributed by atoms with E-state index in [4.69, 9.17) is 9.47 Å². The van der Waals surface area contributed by atoms with E-state index in [1.807, 2.05) is 25.1 Å². The van der Waals surface area contributed by atoms with E-state index in [0.717, 1.165) is 11.3 Å². The van der Waals surface area contributed by atoms with E-state index in [-0.39, 0.29) is 16.7 Å². The molecule has 29 heavy (non-hydrogen) atoms. The molecule has 0 aliphatic carbocycles. The Morgan fingerprint density at radius 2 is 1.79 bits per heavy atom. The molecular weight excluding hydrogens is 385 g/mol. The molecule has 0 saturated carbocycles. The summed E-state index contributed by atoms with van der Waals surface area (Å²) in [5.41, 5.74) is 2.35. The van der Waals surface area contributed by atoms with E-state index in [1.165, 1.54) is 0 Å². The van der Waals surface area contributed by atoms with Gasteiger partial charge in [0, 0.05) is 12.7 Å². The van der Waals surface area contributed by atoms with Gasteiger partial charge in [-0.3, -0.25) is 4.79 Å². The third-order valence-corrected chi connectivity index (χ3v) is 5.03. The summed E-state index contributed by atoms with van der Waals surface area (Å²) in [5.74, 6) is 0.685. The fourth-order valence-electron chi connectivity index (χ4n) is 3.39. The number of hydrogen-bond donors (Lipinski definition) is 0. The van der Waals surface area contributed by atoms with Gasteiger partial charge in [-0.05, 0) is 37.1 Å². The summed E-state index contributed by atoms with van der Waals surface area (Å²) in [7, 11) is 3.29. The Hall–Kier alpha value is -2.90. The minimum absolute atomic E-state index is 0.0176. The van der Waals surface area contributed by atoms with Gasteiger partial charge in [0.15, 0.2) is 12.4 Å². The molecule has 0 aliphatic heterocycles. The molecule has 3 rings (SSSR count). The maximum atomic E-state index is 13.3. The van der Waals surface area contributed by atoms with Gasteiger partial charge in [0.05, 0.1) is 24.9 Å². The van der Waals surface area contributed by atoms with Crippen LogP contribution in [-0.4, -0.2) is 29.0 Å². The van der Waals surface area contributed by atoms with Gasteiger partial charge in [-0.2, -0.15) is 13.2 Å². The van der Waals surface area contributed by atoms with E-state index in [1.54, 1.807) is 42.3 Å². The van der Waals surface area contributed by atoms with Crippen molar-refractivity contribution in [2.45, 2.75) is 33.0 Å². The number of aryl methyl sites for hydroxylation is 2. The molecule has 0 bridgehead atoms. The van der Waals surface area contributed by atoms with E-state index >= 15 is 0 Å². The topological polar surface area (TPSA) is 45.4 Å². The number of fused-ring (bicyclic) bond motifs is 1. The number of rotatable bonds is 6. The van der Waals surface area contributed by atoms with Gasteiger partial charge in [0.2, 0.25) is 0 Å². The molecule has 0 N–H and O–H groups in total. The van der Waals surface area contributed by atoms with Gasteiger partial charge in [0.1, 0.15) is 11.1 Å². The van der Waals surface area contributed by atoms with Crippen molar-refractivity contribution in [3.63, 3.8) is 0 Å². The average Bonchev–Trinajstić information content (AvgIpc) is 2.92. The van der Waals surface area contributed by atoms with Crippen LogP contribution >= 0.6 is 0 Å². The molecule has 8 heteroatoms. The van der Waals surface area contributed by atoms with Crippen LogP contribution in [0.2, 0.25) is 0 Å². The Bertz CT molecular complexity index is 1080. The Balaban J connectivity index is 2.14. The first-order valence-corrected chi connectivity index (χ1v) is 9.20. The van der Waals surface area contributed by atoms with Gasteiger partial charge in [-0.25, -0.2) is 0 Å². The van der Waals surface area contributed by atoms with Crippen LogP contribution in [0, 0.1) is 6.92 Å². The zero-order valence-corrected chi connectivity index (χ0v) is 16.8. The third kappa shape index (κ3) is 4.11. The van der Waals surface area contributed by atoms with Gasteiger partial charge >= 0.3 is 6.18 Å². The molecular formula is C21H23F3N2O3. The lowest BCUT2D eigenvalue weighted by Gasteiger charge is -2.14. The zero-order chi connectivity index (χ0) is 21.3. The SMILES string of the molecule is CCc1cc2c(c(OCC(F)(F)F)c(C)n2C)c(=O)n1Cc1ccc(OC)cc1. The van der Waals surface area contributed by atoms with Crippen molar-refractivity contribution in [1.82, 2.24) is 9.13 Å². The highest BCUT2D eigenvalue weighted by atomic mass is 19.4. The normalized spacial score (nSPS) is 11.8. The molecule has 2 aromatic heterocycles. The van der Waals surface area contributed by atoms with Crippen molar-refractivity contribution in [2.75, 3.05) is 13.7 Å². The van der Waals surface area contributed by atoms with Crippen molar-refractivity contribution in [3.8, 4) is 11.5 Å². The van der Waals surface area contributed by atoms with E-state index in [0.29, 0.717) is 29.9 Å². The van der Waals surface area contributed by atoms with Crippen LogP contribution in [0.3, 0.4) is 0 Å². The fraction of sp³-hybridized carbons (Fsp3) is 0.381. The van der Waals surface area contributed by atoms with Crippen molar-refractivity contribution < 1.29 is 22.6 Å². The van der Waals surface area contributed by atoms with Gasteiger partial charge in [-0.15, -0.1) is 0 Å². The summed E-state index contributed by atoms with van der Waals surface area (Å²) in [6.45, 7) is 2.43. The van der Waals surface area contributed by atoms with Crippen molar-refractivity contribution in [3.05, 3.63) is 57.6 Å². The van der Waals surface area contributed by atoms with E-state index in [9.17, 15) is 18.0 Å². The molecule has 0 atom stereocenters. The highest BCUT2D eigenvalue weighted by Gasteiger charge is 2.30. The van der Waals surface area contributed by atoms with Crippen LogP contribution in [-0.2, 0) is 20.0 Å². The molecule has 1 aromatic carbocycles. The fourth-order valence-corrected chi connectivity index (χ4v) is 3.39. The lowest BCUT2D eigenvalue weighted by molar-refractivity contribution is -0.153. The first-order chi connectivity index (χ1) is 13.7. The number of halogens is 3. The Kier molecular flexibility index (Phi) is 5.64. The number of pyridine rings is 1. The number of aromatic nitrogens is 2. The second-order valence-corrected chi connectivity index (χ2v) is 6.87. The predicted molar refractivity (Wildman–Crippen MR) is 105 cm³/mol. The second kappa shape index (κ2) is 7.85. The summed E-state index contributed by atoms with van der Waals surface area (Å²) < 4.78 is 51.6. The van der Waals surface area contributed by atoms with Crippen LogP contribution in [0.15, 0.2) is 35.1 Å².